The summed E-state index contributed by atoms with van der Waals surface area (Å²) in [5.74, 6) is -1.52. The number of sulfonamides is 1. The minimum atomic E-state index is -3.91. The Hall–Kier alpha value is -2.94. The molecule has 0 radical (unpaired) electrons. The fourth-order valence-electron chi connectivity index (χ4n) is 3.03. The Labute approximate surface area is 185 Å². The number of carbonyl (C=O) groups is 1. The Balaban J connectivity index is 1.94. The summed E-state index contributed by atoms with van der Waals surface area (Å²) in [4.78, 5) is 12.7. The topological polar surface area (TPSA) is 101 Å². The molecule has 3 aromatic carbocycles. The van der Waals surface area contributed by atoms with Gasteiger partial charge < -0.3 is 11.1 Å². The van der Waals surface area contributed by atoms with E-state index in [1.54, 1.807) is 38.1 Å². The normalized spacial score (nSPS) is 11.3. The van der Waals surface area contributed by atoms with Gasteiger partial charge in [0.1, 0.15) is 5.82 Å². The first-order valence-corrected chi connectivity index (χ1v) is 11.2. The average molecular weight is 462 g/mol. The zero-order chi connectivity index (χ0) is 22.8. The van der Waals surface area contributed by atoms with Gasteiger partial charge in [0.2, 0.25) is 0 Å². The second-order valence-electron chi connectivity index (χ2n) is 7.00. The molecule has 9 heteroatoms. The summed E-state index contributed by atoms with van der Waals surface area (Å²) in [6, 6.07) is 13.6. The van der Waals surface area contributed by atoms with E-state index in [1.807, 2.05) is 6.07 Å². The minimum Gasteiger partial charge on any atom is -0.326 e. The third-order valence-corrected chi connectivity index (χ3v) is 6.48. The van der Waals surface area contributed by atoms with E-state index in [4.69, 9.17) is 17.3 Å². The molecule has 31 heavy (non-hydrogen) atoms. The third-order valence-electron chi connectivity index (χ3n) is 4.65. The van der Waals surface area contributed by atoms with Crippen molar-refractivity contribution in [2.45, 2.75) is 25.3 Å². The second kappa shape index (κ2) is 9.05. The van der Waals surface area contributed by atoms with Crippen LogP contribution in [-0.4, -0.2) is 14.3 Å². The number of aryl methyl sites for hydroxylation is 2. The lowest BCUT2D eigenvalue weighted by Crippen LogP contribution is -2.18. The van der Waals surface area contributed by atoms with Crippen LogP contribution in [0.4, 0.5) is 15.8 Å². The zero-order valence-electron chi connectivity index (χ0n) is 16.9. The van der Waals surface area contributed by atoms with Crippen molar-refractivity contribution in [3.05, 3.63) is 87.7 Å². The van der Waals surface area contributed by atoms with Gasteiger partial charge in [0.15, 0.2) is 0 Å². The maximum Gasteiger partial charge on any atom is 0.262 e. The van der Waals surface area contributed by atoms with Crippen LogP contribution < -0.4 is 15.8 Å². The first kappa shape index (κ1) is 22.7. The predicted octanol–water partition coefficient (Wildman–Crippen LogP) is 4.61. The molecular formula is C22H21ClFN3O3S. The Morgan fingerprint density at radius 1 is 1.10 bits per heavy atom. The third kappa shape index (κ3) is 5.04. The Morgan fingerprint density at radius 2 is 1.84 bits per heavy atom. The standard InChI is InChI=1S/C22H21ClFN3O3S/c1-13-6-7-14(2)20(10-13)31(29,30)27-19-11-16(9-8-15(19)12-25)26-22(28)21-17(23)4-3-5-18(21)24/h3-11,27H,12,25H2,1-2H3,(H,26,28). The molecule has 0 spiro atoms. The summed E-state index contributed by atoms with van der Waals surface area (Å²) in [6.45, 7) is 3.57. The lowest BCUT2D eigenvalue weighted by Gasteiger charge is -2.16. The van der Waals surface area contributed by atoms with E-state index >= 15 is 0 Å². The van der Waals surface area contributed by atoms with Gasteiger partial charge in [-0.2, -0.15) is 0 Å². The molecule has 0 bridgehead atoms. The lowest BCUT2D eigenvalue weighted by molar-refractivity contribution is 0.102. The molecule has 1 amide bonds. The number of nitrogens with one attached hydrogen (secondary N) is 2. The molecule has 0 fully saturated rings. The number of hydrogen-bond donors (Lipinski definition) is 3. The van der Waals surface area contributed by atoms with Gasteiger partial charge >= 0.3 is 0 Å². The van der Waals surface area contributed by atoms with Crippen molar-refractivity contribution >= 4 is 38.9 Å². The largest absolute Gasteiger partial charge is 0.326 e. The summed E-state index contributed by atoms with van der Waals surface area (Å²) in [6.07, 6.45) is 0. The van der Waals surface area contributed by atoms with Crippen LogP contribution in [0.3, 0.4) is 0 Å². The molecule has 3 rings (SSSR count). The van der Waals surface area contributed by atoms with Gasteiger partial charge in [-0.25, -0.2) is 12.8 Å². The molecule has 0 heterocycles. The number of carbonyl (C=O) groups excluding carboxylic acids is 1. The number of rotatable bonds is 6. The molecule has 0 atom stereocenters. The van der Waals surface area contributed by atoms with Gasteiger partial charge in [-0.05, 0) is 60.9 Å². The van der Waals surface area contributed by atoms with E-state index in [1.165, 1.54) is 18.2 Å². The van der Waals surface area contributed by atoms with Crippen molar-refractivity contribution in [2.24, 2.45) is 5.73 Å². The van der Waals surface area contributed by atoms with E-state index in [9.17, 15) is 17.6 Å². The highest BCUT2D eigenvalue weighted by Gasteiger charge is 2.20. The van der Waals surface area contributed by atoms with Gasteiger partial charge in [0.25, 0.3) is 15.9 Å². The maximum atomic E-state index is 14.0. The molecule has 0 aliphatic carbocycles. The molecule has 0 saturated heterocycles. The zero-order valence-corrected chi connectivity index (χ0v) is 18.4. The van der Waals surface area contributed by atoms with E-state index in [0.29, 0.717) is 11.1 Å². The molecule has 0 unspecified atom stereocenters. The van der Waals surface area contributed by atoms with Crippen molar-refractivity contribution in [1.29, 1.82) is 0 Å². The molecule has 0 saturated carbocycles. The molecule has 0 aliphatic rings. The minimum absolute atomic E-state index is 0.0353. The fourth-order valence-corrected chi connectivity index (χ4v) is 4.70. The summed E-state index contributed by atoms with van der Waals surface area (Å²) in [7, 11) is -3.91. The SMILES string of the molecule is Cc1ccc(C)c(S(=O)(=O)Nc2cc(NC(=O)c3c(F)cccc3Cl)ccc2CN)c1. The van der Waals surface area contributed by atoms with Crippen LogP contribution in [0.15, 0.2) is 59.5 Å². The summed E-state index contributed by atoms with van der Waals surface area (Å²) in [5, 5.41) is 2.50. The van der Waals surface area contributed by atoms with Gasteiger partial charge in [0, 0.05) is 12.2 Å². The smallest absolute Gasteiger partial charge is 0.262 e. The van der Waals surface area contributed by atoms with Crippen LogP contribution in [0, 0.1) is 19.7 Å². The van der Waals surface area contributed by atoms with Crippen LogP contribution in [0.25, 0.3) is 0 Å². The molecule has 3 aromatic rings. The highest BCUT2D eigenvalue weighted by molar-refractivity contribution is 7.92. The van der Waals surface area contributed by atoms with Gasteiger partial charge in [-0.3, -0.25) is 9.52 Å². The van der Waals surface area contributed by atoms with Crippen LogP contribution in [0.1, 0.15) is 27.0 Å². The number of nitrogens with two attached hydrogens (primary N) is 1. The summed E-state index contributed by atoms with van der Waals surface area (Å²) >= 11 is 5.94. The van der Waals surface area contributed by atoms with Crippen LogP contribution >= 0.6 is 11.6 Å². The number of hydrogen-bond acceptors (Lipinski definition) is 4. The molecule has 0 aromatic heterocycles. The highest BCUT2D eigenvalue weighted by atomic mass is 35.5. The first-order valence-electron chi connectivity index (χ1n) is 9.31. The Kier molecular flexibility index (Phi) is 6.64. The van der Waals surface area contributed by atoms with Crippen molar-refractivity contribution in [2.75, 3.05) is 10.0 Å². The summed E-state index contributed by atoms with van der Waals surface area (Å²) < 4.78 is 42.5. The predicted molar refractivity (Wildman–Crippen MR) is 120 cm³/mol. The van der Waals surface area contributed by atoms with Crippen molar-refractivity contribution < 1.29 is 17.6 Å². The van der Waals surface area contributed by atoms with Gasteiger partial charge in [-0.15, -0.1) is 0 Å². The van der Waals surface area contributed by atoms with E-state index < -0.39 is 21.7 Å². The second-order valence-corrected chi connectivity index (χ2v) is 9.06. The van der Waals surface area contributed by atoms with Gasteiger partial charge in [-0.1, -0.05) is 35.9 Å². The number of benzene rings is 3. The fraction of sp³-hybridized carbons (Fsp3) is 0.136. The van der Waals surface area contributed by atoms with Crippen molar-refractivity contribution in [3.8, 4) is 0 Å². The van der Waals surface area contributed by atoms with E-state index in [2.05, 4.69) is 10.0 Å². The number of anilines is 2. The number of halogens is 2. The molecule has 6 nitrogen and oxygen atoms in total. The van der Waals surface area contributed by atoms with Crippen LogP contribution in [-0.2, 0) is 16.6 Å². The Bertz CT molecular complexity index is 1240. The van der Waals surface area contributed by atoms with Crippen molar-refractivity contribution in [1.82, 2.24) is 0 Å². The number of amides is 1. The summed E-state index contributed by atoms with van der Waals surface area (Å²) in [5.41, 5.74) is 7.82. The van der Waals surface area contributed by atoms with E-state index in [-0.39, 0.29) is 33.4 Å². The van der Waals surface area contributed by atoms with Gasteiger partial charge in [0.05, 0.1) is 21.2 Å². The highest BCUT2D eigenvalue weighted by Crippen LogP contribution is 2.27. The quantitative estimate of drug-likeness (QED) is 0.499. The van der Waals surface area contributed by atoms with Crippen LogP contribution in [0.2, 0.25) is 5.02 Å². The molecular weight excluding hydrogens is 441 g/mol. The maximum absolute atomic E-state index is 14.0. The molecule has 4 N–H and O–H groups in total. The van der Waals surface area contributed by atoms with Crippen LogP contribution in [0.5, 0.6) is 0 Å². The molecule has 162 valence electrons. The molecule has 0 aliphatic heterocycles. The van der Waals surface area contributed by atoms with Crippen molar-refractivity contribution in [3.63, 3.8) is 0 Å². The first-order chi connectivity index (χ1) is 14.6. The monoisotopic (exact) mass is 461 g/mol. The Morgan fingerprint density at radius 3 is 2.52 bits per heavy atom. The van der Waals surface area contributed by atoms with E-state index in [0.717, 1.165) is 11.6 Å². The lowest BCUT2D eigenvalue weighted by atomic mass is 10.1. The average Bonchev–Trinajstić information content (AvgIpc) is 2.69.